The number of aliphatic hydroxyl groups excluding tert-OH is 3. The summed E-state index contributed by atoms with van der Waals surface area (Å²) in [6.07, 6.45) is -0.160. The van der Waals surface area contributed by atoms with Gasteiger partial charge in [-0.25, -0.2) is 0 Å². The third kappa shape index (κ3) is 5.93. The Kier molecular flexibility index (Phi) is 8.86. The van der Waals surface area contributed by atoms with Crippen LogP contribution in [0.3, 0.4) is 0 Å². The lowest BCUT2D eigenvalue weighted by atomic mass is 9.89. The van der Waals surface area contributed by atoms with Crippen molar-refractivity contribution in [3.63, 3.8) is 0 Å². The molecule has 3 N–H and O–H groups in total. The Morgan fingerprint density at radius 3 is 2.32 bits per heavy atom. The third-order valence-corrected chi connectivity index (χ3v) is 7.10. The quantitative estimate of drug-likeness (QED) is 0.603. The zero-order valence-corrected chi connectivity index (χ0v) is 20.4. The van der Waals surface area contributed by atoms with E-state index in [2.05, 4.69) is 31.2 Å². The maximum Gasteiger partial charge on any atom is 0.126 e. The first kappa shape index (κ1) is 25.4. The molecule has 1 saturated heterocycles. The summed E-state index contributed by atoms with van der Waals surface area (Å²) >= 11 is 6.67. The van der Waals surface area contributed by atoms with Crippen LogP contribution in [0.2, 0.25) is 5.02 Å². The van der Waals surface area contributed by atoms with Crippen molar-refractivity contribution in [2.45, 2.75) is 76.0 Å². The lowest BCUT2D eigenvalue weighted by molar-refractivity contribution is -0.235. The monoisotopic (exact) mass is 490 g/mol. The van der Waals surface area contributed by atoms with Crippen LogP contribution in [0, 0.1) is 0 Å². The Balaban J connectivity index is 1.68. The van der Waals surface area contributed by atoms with Crippen molar-refractivity contribution >= 4 is 11.6 Å². The number of hydrogen-bond acceptors (Lipinski definition) is 6. The van der Waals surface area contributed by atoms with E-state index in [9.17, 15) is 15.3 Å². The van der Waals surface area contributed by atoms with E-state index in [4.69, 9.17) is 25.8 Å². The zero-order valence-electron chi connectivity index (χ0n) is 19.7. The van der Waals surface area contributed by atoms with Crippen molar-refractivity contribution in [2.75, 3.05) is 19.8 Å². The molecule has 7 heteroatoms. The molecular formula is C27H35ClO6. The summed E-state index contributed by atoms with van der Waals surface area (Å²) in [5.74, 6) is 0.527. The highest BCUT2D eigenvalue weighted by Gasteiger charge is 2.45. The van der Waals surface area contributed by atoms with E-state index in [1.807, 2.05) is 6.07 Å². The molecule has 0 aromatic heterocycles. The van der Waals surface area contributed by atoms with Gasteiger partial charge in [-0.3, -0.25) is 0 Å². The summed E-state index contributed by atoms with van der Waals surface area (Å²) in [6, 6.07) is 12.1. The predicted octanol–water partition coefficient (Wildman–Crippen LogP) is 3.99. The summed E-state index contributed by atoms with van der Waals surface area (Å²) in [6.45, 7) is 3.34. The van der Waals surface area contributed by atoms with Crippen LogP contribution < -0.4 is 4.74 Å². The van der Waals surface area contributed by atoms with Gasteiger partial charge in [0.05, 0.1) is 13.2 Å². The summed E-state index contributed by atoms with van der Waals surface area (Å²) < 4.78 is 17.9. The third-order valence-electron chi connectivity index (χ3n) is 6.75. The SMILES string of the molecule is CCc1ccc(Cc2cc3c(cc2Cl)OCCCCCCOC[C@H]2O[C@@H]3[C@H](O)[C@@H](O)[C@@H]2O)cc1. The maximum absolute atomic E-state index is 10.9. The lowest BCUT2D eigenvalue weighted by Crippen LogP contribution is -2.55. The second-order valence-corrected chi connectivity index (χ2v) is 9.64. The van der Waals surface area contributed by atoms with E-state index in [0.29, 0.717) is 36.0 Å². The maximum atomic E-state index is 10.9. The van der Waals surface area contributed by atoms with Gasteiger partial charge in [0.15, 0.2) is 0 Å². The van der Waals surface area contributed by atoms with Gasteiger partial charge in [-0.05, 0) is 60.9 Å². The van der Waals surface area contributed by atoms with Crippen molar-refractivity contribution < 1.29 is 29.5 Å². The predicted molar refractivity (Wildman–Crippen MR) is 130 cm³/mol. The van der Waals surface area contributed by atoms with Crippen LogP contribution in [0.15, 0.2) is 36.4 Å². The highest BCUT2D eigenvalue weighted by Crippen LogP contribution is 2.40. The van der Waals surface area contributed by atoms with Crippen LogP contribution in [0.25, 0.3) is 0 Å². The minimum absolute atomic E-state index is 0.141. The summed E-state index contributed by atoms with van der Waals surface area (Å²) in [5.41, 5.74) is 3.88. The first-order valence-electron chi connectivity index (χ1n) is 12.3. The Labute approximate surface area is 206 Å². The van der Waals surface area contributed by atoms with Gasteiger partial charge >= 0.3 is 0 Å². The summed E-state index contributed by atoms with van der Waals surface area (Å²) in [7, 11) is 0. The topological polar surface area (TPSA) is 88.4 Å². The first-order valence-corrected chi connectivity index (χ1v) is 12.7. The van der Waals surface area contributed by atoms with Crippen LogP contribution in [-0.4, -0.2) is 59.6 Å². The molecule has 0 saturated carbocycles. The molecule has 6 nitrogen and oxygen atoms in total. The molecule has 1 fully saturated rings. The number of aryl methyl sites for hydroxylation is 1. The first-order chi connectivity index (χ1) is 16.5. The normalized spacial score (nSPS) is 28.4. The van der Waals surface area contributed by atoms with Crippen molar-refractivity contribution in [3.05, 3.63) is 63.7 Å². The van der Waals surface area contributed by atoms with E-state index in [-0.39, 0.29) is 6.61 Å². The Morgan fingerprint density at radius 2 is 1.59 bits per heavy atom. The fourth-order valence-corrected chi connectivity index (χ4v) is 4.82. The number of rotatable bonds is 3. The van der Waals surface area contributed by atoms with E-state index < -0.39 is 30.5 Å². The average molecular weight is 491 g/mol. The van der Waals surface area contributed by atoms with Gasteiger partial charge in [-0.1, -0.05) is 49.2 Å². The van der Waals surface area contributed by atoms with Crippen LogP contribution in [0.1, 0.15) is 61.0 Å². The second kappa shape index (κ2) is 11.8. The molecule has 2 heterocycles. The van der Waals surface area contributed by atoms with Crippen molar-refractivity contribution in [3.8, 4) is 5.75 Å². The van der Waals surface area contributed by atoms with Crippen molar-refractivity contribution in [2.24, 2.45) is 0 Å². The fourth-order valence-electron chi connectivity index (χ4n) is 4.60. The van der Waals surface area contributed by atoms with Crippen LogP contribution in [-0.2, 0) is 22.3 Å². The number of hydrogen-bond donors (Lipinski definition) is 3. The van der Waals surface area contributed by atoms with Gasteiger partial charge in [0, 0.05) is 17.2 Å². The molecule has 34 heavy (non-hydrogen) atoms. The zero-order chi connectivity index (χ0) is 24.1. The molecule has 2 aliphatic rings. The molecule has 0 spiro atoms. The van der Waals surface area contributed by atoms with Gasteiger partial charge in [-0.15, -0.1) is 0 Å². The molecule has 186 valence electrons. The largest absolute Gasteiger partial charge is 0.493 e. The van der Waals surface area contributed by atoms with Gasteiger partial charge in [0.25, 0.3) is 0 Å². The molecule has 0 unspecified atom stereocenters. The summed E-state index contributed by atoms with van der Waals surface area (Å²) in [4.78, 5) is 0. The Morgan fingerprint density at radius 1 is 0.882 bits per heavy atom. The molecule has 4 rings (SSSR count). The number of fused-ring (bicyclic) bond motifs is 4. The molecule has 5 atom stereocenters. The minimum Gasteiger partial charge on any atom is -0.493 e. The molecule has 2 aliphatic heterocycles. The van der Waals surface area contributed by atoms with Gasteiger partial charge < -0.3 is 29.5 Å². The highest BCUT2D eigenvalue weighted by molar-refractivity contribution is 6.31. The van der Waals surface area contributed by atoms with Gasteiger partial charge in [0.1, 0.15) is 36.3 Å². The molecule has 2 aromatic rings. The Bertz CT molecular complexity index is 933. The van der Waals surface area contributed by atoms with Gasteiger partial charge in [-0.2, -0.15) is 0 Å². The lowest BCUT2D eigenvalue weighted by Gasteiger charge is -2.41. The number of benzene rings is 2. The Hall–Kier alpha value is -1.67. The van der Waals surface area contributed by atoms with E-state index in [1.54, 1.807) is 6.07 Å². The molecule has 0 radical (unpaired) electrons. The smallest absolute Gasteiger partial charge is 0.126 e. The highest BCUT2D eigenvalue weighted by atomic mass is 35.5. The number of aliphatic hydroxyl groups is 3. The fraction of sp³-hybridized carbons (Fsp3) is 0.556. The standard InChI is InChI=1S/C27H35ClO6/c1-2-17-7-9-18(10-8-17)13-19-14-20-22(15-21(19)28)33-12-6-4-3-5-11-32-16-23-24(29)25(30)26(31)27(20)34-23/h7-10,14-15,23-27,29-31H,2-6,11-13,16H2,1H3/t23-,24-,25+,26-,27+/m1/s1. The van der Waals surface area contributed by atoms with E-state index >= 15 is 0 Å². The van der Waals surface area contributed by atoms with Crippen molar-refractivity contribution in [1.82, 2.24) is 0 Å². The molecule has 2 bridgehead atoms. The van der Waals surface area contributed by atoms with E-state index in [0.717, 1.165) is 43.2 Å². The molecule has 0 amide bonds. The molecule has 2 aromatic carbocycles. The molecule has 0 aliphatic carbocycles. The number of halogens is 1. The van der Waals surface area contributed by atoms with Crippen molar-refractivity contribution in [1.29, 1.82) is 0 Å². The van der Waals surface area contributed by atoms with E-state index in [1.165, 1.54) is 5.56 Å². The van der Waals surface area contributed by atoms with Crippen LogP contribution in [0.5, 0.6) is 5.75 Å². The minimum atomic E-state index is -1.37. The molecular weight excluding hydrogens is 456 g/mol. The average Bonchev–Trinajstić information content (AvgIpc) is 2.84. The van der Waals surface area contributed by atoms with Crippen LogP contribution >= 0.6 is 11.6 Å². The number of ether oxygens (including phenoxy) is 3. The second-order valence-electron chi connectivity index (χ2n) is 9.23. The summed E-state index contributed by atoms with van der Waals surface area (Å²) in [5, 5.41) is 32.5. The van der Waals surface area contributed by atoms with Gasteiger partial charge in [0.2, 0.25) is 0 Å². The van der Waals surface area contributed by atoms with Crippen LogP contribution in [0.4, 0.5) is 0 Å².